The standard InChI is InChI=1S/C26H20N4O2S.CH4/c31-26(28-17-19-7-5-15-32-19)22-8-1-2-9-25(22)33-20-11-12-21-23(29-30-24(21)16-20)13-10-18-6-3-4-14-27-18;/h1-16H,17H2,(H,28,31)(H,29,30);1H4/b13-10+;. The first kappa shape index (κ1) is 23.1. The van der Waals surface area contributed by atoms with Crippen molar-refractivity contribution in [3.05, 3.63) is 108 Å². The summed E-state index contributed by atoms with van der Waals surface area (Å²) < 4.78 is 5.29. The van der Waals surface area contributed by atoms with Crippen molar-refractivity contribution in [3.8, 4) is 0 Å². The Kier molecular flexibility index (Phi) is 7.25. The van der Waals surface area contributed by atoms with Gasteiger partial charge in [-0.1, -0.05) is 37.4 Å². The molecule has 5 aromatic rings. The number of aromatic amines is 1. The Morgan fingerprint density at radius 1 is 1.03 bits per heavy atom. The first-order chi connectivity index (χ1) is 16.3. The molecule has 3 heterocycles. The quantitative estimate of drug-likeness (QED) is 0.287. The maximum absolute atomic E-state index is 12.8. The second kappa shape index (κ2) is 10.7. The minimum atomic E-state index is -0.140. The first-order valence-corrected chi connectivity index (χ1v) is 11.2. The number of rotatable bonds is 7. The van der Waals surface area contributed by atoms with E-state index in [-0.39, 0.29) is 13.3 Å². The SMILES string of the molecule is C.O=C(NCc1ccco1)c1ccccc1Sc1ccc2c(/C=C/c3ccccn3)n[nH]c2c1. The molecule has 0 saturated heterocycles. The van der Waals surface area contributed by atoms with Gasteiger partial charge < -0.3 is 9.73 Å². The summed E-state index contributed by atoms with van der Waals surface area (Å²) in [6.07, 6.45) is 7.25. The monoisotopic (exact) mass is 468 g/mol. The minimum absolute atomic E-state index is 0. The van der Waals surface area contributed by atoms with Crippen molar-refractivity contribution in [3.63, 3.8) is 0 Å². The molecule has 1 amide bonds. The number of benzene rings is 2. The fourth-order valence-corrected chi connectivity index (χ4v) is 4.38. The molecule has 34 heavy (non-hydrogen) atoms. The van der Waals surface area contributed by atoms with Crippen molar-refractivity contribution in [1.29, 1.82) is 0 Å². The van der Waals surface area contributed by atoms with Gasteiger partial charge in [-0.05, 0) is 66.7 Å². The molecule has 170 valence electrons. The number of carbonyl (C=O) groups excluding carboxylic acids is 1. The highest BCUT2D eigenvalue weighted by Crippen LogP contribution is 2.33. The minimum Gasteiger partial charge on any atom is -0.467 e. The van der Waals surface area contributed by atoms with Crippen molar-refractivity contribution < 1.29 is 9.21 Å². The lowest BCUT2D eigenvalue weighted by Gasteiger charge is -2.09. The smallest absolute Gasteiger partial charge is 0.252 e. The van der Waals surface area contributed by atoms with E-state index in [4.69, 9.17) is 4.42 Å². The molecule has 0 bridgehead atoms. The van der Waals surface area contributed by atoms with Crippen LogP contribution in [0, 0.1) is 0 Å². The summed E-state index contributed by atoms with van der Waals surface area (Å²) in [6.45, 7) is 0.347. The van der Waals surface area contributed by atoms with Crippen LogP contribution in [0.15, 0.2) is 99.5 Å². The number of H-pyrrole nitrogens is 1. The molecule has 3 aromatic heterocycles. The Bertz CT molecular complexity index is 1410. The largest absolute Gasteiger partial charge is 0.467 e. The topological polar surface area (TPSA) is 83.8 Å². The molecule has 0 unspecified atom stereocenters. The maximum atomic E-state index is 12.8. The molecule has 0 spiro atoms. The third-order valence-corrected chi connectivity index (χ3v) is 6.09. The molecule has 0 saturated carbocycles. The zero-order valence-corrected chi connectivity index (χ0v) is 18.4. The zero-order valence-electron chi connectivity index (χ0n) is 17.6. The van der Waals surface area contributed by atoms with Crippen molar-refractivity contribution >= 4 is 40.7 Å². The second-order valence-electron chi connectivity index (χ2n) is 7.26. The van der Waals surface area contributed by atoms with E-state index in [0.29, 0.717) is 17.9 Å². The summed E-state index contributed by atoms with van der Waals surface area (Å²) in [5.74, 6) is 0.574. The molecule has 0 aliphatic rings. The number of pyridine rings is 1. The van der Waals surface area contributed by atoms with Gasteiger partial charge in [-0.2, -0.15) is 5.10 Å². The molecule has 2 N–H and O–H groups in total. The molecule has 0 fully saturated rings. The number of carbonyl (C=O) groups is 1. The van der Waals surface area contributed by atoms with E-state index in [1.54, 1.807) is 30.3 Å². The van der Waals surface area contributed by atoms with Gasteiger partial charge in [0, 0.05) is 21.4 Å². The number of nitrogens with one attached hydrogen (secondary N) is 2. The Hall–Kier alpha value is -4.10. The molecular formula is C27H24N4O2S. The number of hydrogen-bond acceptors (Lipinski definition) is 5. The lowest BCUT2D eigenvalue weighted by atomic mass is 10.2. The number of amides is 1. The van der Waals surface area contributed by atoms with Gasteiger partial charge in [-0.3, -0.25) is 14.9 Å². The summed E-state index contributed by atoms with van der Waals surface area (Å²) in [6, 6.07) is 23.1. The molecule has 0 atom stereocenters. The summed E-state index contributed by atoms with van der Waals surface area (Å²) in [5.41, 5.74) is 3.28. The highest BCUT2D eigenvalue weighted by atomic mass is 32.2. The average molecular weight is 469 g/mol. The second-order valence-corrected chi connectivity index (χ2v) is 8.38. The van der Waals surface area contributed by atoms with Crippen LogP contribution >= 0.6 is 11.8 Å². The maximum Gasteiger partial charge on any atom is 0.252 e. The fraction of sp³-hybridized carbons (Fsp3) is 0.0741. The van der Waals surface area contributed by atoms with Gasteiger partial charge in [0.05, 0.1) is 35.3 Å². The molecule has 6 nitrogen and oxygen atoms in total. The van der Waals surface area contributed by atoms with E-state index in [9.17, 15) is 4.79 Å². The number of nitrogens with zero attached hydrogens (tertiary/aromatic N) is 2. The molecule has 0 aliphatic carbocycles. The van der Waals surface area contributed by atoms with Crippen LogP contribution in [0.1, 0.15) is 34.9 Å². The molecule has 0 aliphatic heterocycles. The molecule has 5 rings (SSSR count). The van der Waals surface area contributed by atoms with Crippen LogP contribution in [-0.4, -0.2) is 21.1 Å². The summed E-state index contributed by atoms with van der Waals surface area (Å²) in [7, 11) is 0. The molecule has 7 heteroatoms. The van der Waals surface area contributed by atoms with Crippen LogP contribution in [-0.2, 0) is 6.54 Å². The number of furan rings is 1. The van der Waals surface area contributed by atoms with E-state index >= 15 is 0 Å². The van der Waals surface area contributed by atoms with Gasteiger partial charge in [0.2, 0.25) is 0 Å². The first-order valence-electron chi connectivity index (χ1n) is 10.4. The highest BCUT2D eigenvalue weighted by Gasteiger charge is 2.13. The number of hydrogen-bond donors (Lipinski definition) is 2. The summed E-state index contributed by atoms with van der Waals surface area (Å²) >= 11 is 1.54. The molecule has 0 radical (unpaired) electrons. The van der Waals surface area contributed by atoms with E-state index in [1.165, 1.54) is 0 Å². The predicted octanol–water partition coefficient (Wildman–Crippen LogP) is 6.44. The number of fused-ring (bicyclic) bond motifs is 1. The lowest BCUT2D eigenvalue weighted by molar-refractivity contribution is 0.0945. The van der Waals surface area contributed by atoms with Gasteiger partial charge in [0.25, 0.3) is 5.91 Å². The Morgan fingerprint density at radius 3 is 2.74 bits per heavy atom. The van der Waals surface area contributed by atoms with Crippen LogP contribution in [0.5, 0.6) is 0 Å². The van der Waals surface area contributed by atoms with Crippen molar-refractivity contribution in [2.75, 3.05) is 0 Å². The molecular weight excluding hydrogens is 444 g/mol. The number of aromatic nitrogens is 3. The van der Waals surface area contributed by atoms with Gasteiger partial charge >= 0.3 is 0 Å². The predicted molar refractivity (Wildman–Crippen MR) is 136 cm³/mol. The molecule has 2 aromatic carbocycles. The third-order valence-electron chi connectivity index (χ3n) is 5.03. The van der Waals surface area contributed by atoms with E-state index in [1.807, 2.05) is 78.9 Å². The average Bonchev–Trinajstić information content (AvgIpc) is 3.52. The van der Waals surface area contributed by atoms with Crippen LogP contribution in [0.3, 0.4) is 0 Å². The summed E-state index contributed by atoms with van der Waals surface area (Å²) in [4.78, 5) is 19.0. The normalized spacial score (nSPS) is 10.9. The van der Waals surface area contributed by atoms with Crippen molar-refractivity contribution in [2.45, 2.75) is 23.8 Å². The Morgan fingerprint density at radius 2 is 1.91 bits per heavy atom. The van der Waals surface area contributed by atoms with E-state index in [2.05, 4.69) is 20.5 Å². The van der Waals surface area contributed by atoms with Crippen LogP contribution in [0.25, 0.3) is 23.1 Å². The van der Waals surface area contributed by atoms with Crippen LogP contribution < -0.4 is 5.32 Å². The summed E-state index contributed by atoms with van der Waals surface area (Å²) in [5, 5.41) is 11.5. The van der Waals surface area contributed by atoms with E-state index < -0.39 is 0 Å². The Balaban J connectivity index is 0.00000274. The highest BCUT2D eigenvalue weighted by molar-refractivity contribution is 7.99. The fourth-order valence-electron chi connectivity index (χ4n) is 3.40. The van der Waals surface area contributed by atoms with Crippen molar-refractivity contribution in [1.82, 2.24) is 20.5 Å². The Labute approximate surface area is 202 Å². The zero-order chi connectivity index (χ0) is 22.5. The van der Waals surface area contributed by atoms with Crippen LogP contribution in [0.4, 0.5) is 0 Å². The van der Waals surface area contributed by atoms with Gasteiger partial charge in [0.15, 0.2) is 0 Å². The van der Waals surface area contributed by atoms with Gasteiger partial charge in [0.1, 0.15) is 5.76 Å². The third kappa shape index (κ3) is 5.27. The van der Waals surface area contributed by atoms with Gasteiger partial charge in [-0.15, -0.1) is 0 Å². The van der Waals surface area contributed by atoms with Gasteiger partial charge in [-0.25, -0.2) is 0 Å². The van der Waals surface area contributed by atoms with Crippen LogP contribution in [0.2, 0.25) is 0 Å². The van der Waals surface area contributed by atoms with E-state index in [0.717, 1.165) is 32.1 Å². The lowest BCUT2D eigenvalue weighted by Crippen LogP contribution is -2.23. The van der Waals surface area contributed by atoms with Crippen molar-refractivity contribution in [2.24, 2.45) is 0 Å².